The summed E-state index contributed by atoms with van der Waals surface area (Å²) in [4.78, 5) is 4.66. The fourth-order valence-electron chi connectivity index (χ4n) is 2.72. The van der Waals surface area contributed by atoms with Crippen LogP contribution in [0.3, 0.4) is 0 Å². The summed E-state index contributed by atoms with van der Waals surface area (Å²) in [5.74, 6) is 3.11. The van der Waals surface area contributed by atoms with Gasteiger partial charge < -0.3 is 24.8 Å². The van der Waals surface area contributed by atoms with E-state index in [1.54, 1.807) is 21.3 Å². The fraction of sp³-hybridized carbons (Fsp3) is 0.381. The summed E-state index contributed by atoms with van der Waals surface area (Å²) in [6.07, 6.45) is 0.852. The Hall–Kier alpha value is -2.16. The number of nitrogens with one attached hydrogen (secondary N) is 2. The van der Waals surface area contributed by atoms with Crippen molar-refractivity contribution >= 4 is 29.9 Å². The Labute approximate surface area is 184 Å². The van der Waals surface area contributed by atoms with Gasteiger partial charge in [-0.25, -0.2) is 4.99 Å². The summed E-state index contributed by atoms with van der Waals surface area (Å²) in [5.41, 5.74) is 2.22. The zero-order valence-electron chi connectivity index (χ0n) is 17.0. The SMILES string of the molecule is CCNC(=NCc1ccc(OC)c(OC)c1)NCCc1ccccc1OC.I. The van der Waals surface area contributed by atoms with Gasteiger partial charge in [-0.05, 0) is 42.7 Å². The van der Waals surface area contributed by atoms with E-state index >= 15 is 0 Å². The molecule has 0 fully saturated rings. The topological polar surface area (TPSA) is 64.1 Å². The maximum Gasteiger partial charge on any atom is 0.191 e. The molecule has 0 aliphatic rings. The van der Waals surface area contributed by atoms with Crippen molar-refractivity contribution in [2.24, 2.45) is 4.99 Å². The number of hydrogen-bond acceptors (Lipinski definition) is 4. The number of rotatable bonds is 9. The summed E-state index contributed by atoms with van der Waals surface area (Å²) >= 11 is 0. The van der Waals surface area contributed by atoms with Crippen LogP contribution < -0.4 is 24.8 Å². The van der Waals surface area contributed by atoms with Crippen LogP contribution in [0.5, 0.6) is 17.2 Å². The van der Waals surface area contributed by atoms with Gasteiger partial charge in [0.2, 0.25) is 0 Å². The lowest BCUT2D eigenvalue weighted by Gasteiger charge is -2.13. The molecular formula is C21H30IN3O3. The maximum atomic E-state index is 5.40. The molecule has 2 aromatic rings. The highest BCUT2D eigenvalue weighted by Crippen LogP contribution is 2.27. The van der Waals surface area contributed by atoms with E-state index in [9.17, 15) is 0 Å². The van der Waals surface area contributed by atoms with Crippen LogP contribution in [0.4, 0.5) is 0 Å². The molecule has 0 amide bonds. The average Bonchev–Trinajstić information content (AvgIpc) is 2.72. The predicted octanol–water partition coefficient (Wildman–Crippen LogP) is 3.63. The highest BCUT2D eigenvalue weighted by molar-refractivity contribution is 14.0. The molecule has 2 N–H and O–H groups in total. The van der Waals surface area contributed by atoms with Crippen LogP contribution in [-0.4, -0.2) is 40.4 Å². The van der Waals surface area contributed by atoms with Crippen molar-refractivity contribution in [3.05, 3.63) is 53.6 Å². The normalized spacial score (nSPS) is 10.6. The first kappa shape index (κ1) is 23.9. The first-order valence-corrected chi connectivity index (χ1v) is 9.06. The number of hydrogen-bond donors (Lipinski definition) is 2. The largest absolute Gasteiger partial charge is 0.496 e. The molecule has 0 aliphatic carbocycles. The van der Waals surface area contributed by atoms with Crippen LogP contribution in [0.25, 0.3) is 0 Å². The zero-order valence-corrected chi connectivity index (χ0v) is 19.3. The summed E-state index contributed by atoms with van der Waals surface area (Å²) in [5, 5.41) is 6.64. The number of guanidine groups is 1. The molecule has 0 heterocycles. The molecule has 0 aliphatic heterocycles. The van der Waals surface area contributed by atoms with Gasteiger partial charge in [0, 0.05) is 13.1 Å². The summed E-state index contributed by atoms with van der Waals surface area (Å²) in [7, 11) is 4.96. The molecule has 0 atom stereocenters. The van der Waals surface area contributed by atoms with Gasteiger partial charge in [-0.2, -0.15) is 0 Å². The standard InChI is InChI=1S/C21H29N3O3.HI/c1-5-22-21(23-13-12-17-8-6-7-9-18(17)25-2)24-15-16-10-11-19(26-3)20(14-16)27-4;/h6-11,14H,5,12-13,15H2,1-4H3,(H2,22,23,24);1H. The molecule has 7 heteroatoms. The third kappa shape index (κ3) is 7.10. The average molecular weight is 499 g/mol. The summed E-state index contributed by atoms with van der Waals surface area (Å²) in [6, 6.07) is 13.9. The molecule has 0 saturated heterocycles. The second-order valence-electron chi connectivity index (χ2n) is 5.87. The molecule has 28 heavy (non-hydrogen) atoms. The van der Waals surface area contributed by atoms with Gasteiger partial charge in [-0.15, -0.1) is 24.0 Å². The van der Waals surface area contributed by atoms with E-state index in [1.165, 1.54) is 5.56 Å². The van der Waals surface area contributed by atoms with Crippen LogP contribution in [0.1, 0.15) is 18.1 Å². The van der Waals surface area contributed by atoms with Crippen molar-refractivity contribution in [1.29, 1.82) is 0 Å². The zero-order chi connectivity index (χ0) is 19.5. The number of ether oxygens (including phenoxy) is 3. The molecule has 2 rings (SSSR count). The minimum Gasteiger partial charge on any atom is -0.496 e. The lowest BCUT2D eigenvalue weighted by Crippen LogP contribution is -2.38. The summed E-state index contributed by atoms with van der Waals surface area (Å²) in [6.45, 7) is 4.16. The van der Waals surface area contributed by atoms with Crippen molar-refractivity contribution < 1.29 is 14.2 Å². The number of benzene rings is 2. The van der Waals surface area contributed by atoms with E-state index in [0.29, 0.717) is 18.0 Å². The Morgan fingerprint density at radius 2 is 1.61 bits per heavy atom. The molecule has 6 nitrogen and oxygen atoms in total. The first-order valence-electron chi connectivity index (χ1n) is 9.06. The monoisotopic (exact) mass is 499 g/mol. The Kier molecular flexibility index (Phi) is 11.2. The first-order chi connectivity index (χ1) is 13.2. The number of aliphatic imine (C=N–C) groups is 1. The van der Waals surface area contributed by atoms with Crippen molar-refractivity contribution in [3.8, 4) is 17.2 Å². The predicted molar refractivity (Wildman–Crippen MR) is 124 cm³/mol. The van der Waals surface area contributed by atoms with E-state index < -0.39 is 0 Å². The van der Waals surface area contributed by atoms with Crippen LogP contribution in [0.2, 0.25) is 0 Å². The third-order valence-electron chi connectivity index (χ3n) is 4.09. The third-order valence-corrected chi connectivity index (χ3v) is 4.09. The maximum absolute atomic E-state index is 5.40. The molecule has 2 aromatic carbocycles. The molecule has 154 valence electrons. The van der Waals surface area contributed by atoms with E-state index in [1.807, 2.05) is 43.3 Å². The number of para-hydroxylation sites is 1. The van der Waals surface area contributed by atoms with Crippen molar-refractivity contribution in [1.82, 2.24) is 10.6 Å². The van der Waals surface area contributed by atoms with Gasteiger partial charge in [-0.1, -0.05) is 24.3 Å². The Bertz CT molecular complexity index is 753. The number of methoxy groups -OCH3 is 3. The van der Waals surface area contributed by atoms with Crippen molar-refractivity contribution in [2.75, 3.05) is 34.4 Å². The summed E-state index contributed by atoms with van der Waals surface area (Å²) < 4.78 is 16.0. The molecule has 0 saturated carbocycles. The lowest BCUT2D eigenvalue weighted by atomic mass is 10.1. The molecule has 0 spiro atoms. The van der Waals surface area contributed by atoms with Crippen LogP contribution in [0.15, 0.2) is 47.5 Å². The highest BCUT2D eigenvalue weighted by Gasteiger charge is 2.05. The molecular weight excluding hydrogens is 469 g/mol. The van der Waals surface area contributed by atoms with Crippen molar-refractivity contribution in [3.63, 3.8) is 0 Å². The fourth-order valence-corrected chi connectivity index (χ4v) is 2.72. The van der Waals surface area contributed by atoms with E-state index in [0.717, 1.165) is 36.8 Å². The van der Waals surface area contributed by atoms with Crippen molar-refractivity contribution in [2.45, 2.75) is 19.9 Å². The molecule has 0 aromatic heterocycles. The van der Waals surface area contributed by atoms with Gasteiger partial charge >= 0.3 is 0 Å². The molecule has 0 radical (unpaired) electrons. The Balaban J connectivity index is 0.00000392. The molecule has 0 unspecified atom stereocenters. The number of nitrogens with zero attached hydrogens (tertiary/aromatic N) is 1. The van der Waals surface area contributed by atoms with Gasteiger partial charge in [0.1, 0.15) is 5.75 Å². The Morgan fingerprint density at radius 3 is 2.29 bits per heavy atom. The van der Waals surface area contributed by atoms with Gasteiger partial charge in [0.15, 0.2) is 17.5 Å². The van der Waals surface area contributed by atoms with Crippen LogP contribution in [-0.2, 0) is 13.0 Å². The second-order valence-corrected chi connectivity index (χ2v) is 5.87. The van der Waals surface area contributed by atoms with Crippen LogP contribution >= 0.6 is 24.0 Å². The van der Waals surface area contributed by atoms with Crippen LogP contribution in [0, 0.1) is 0 Å². The molecule has 0 bridgehead atoms. The quantitative estimate of drug-likeness (QED) is 0.314. The minimum atomic E-state index is 0. The highest BCUT2D eigenvalue weighted by atomic mass is 127. The smallest absolute Gasteiger partial charge is 0.191 e. The van der Waals surface area contributed by atoms with Gasteiger partial charge in [0.05, 0.1) is 27.9 Å². The van der Waals surface area contributed by atoms with E-state index in [2.05, 4.69) is 21.7 Å². The lowest BCUT2D eigenvalue weighted by molar-refractivity contribution is 0.354. The van der Waals surface area contributed by atoms with E-state index in [-0.39, 0.29) is 24.0 Å². The Morgan fingerprint density at radius 1 is 0.893 bits per heavy atom. The second kappa shape index (κ2) is 13.1. The van der Waals surface area contributed by atoms with Gasteiger partial charge in [0.25, 0.3) is 0 Å². The minimum absolute atomic E-state index is 0. The van der Waals surface area contributed by atoms with Gasteiger partial charge in [-0.3, -0.25) is 0 Å². The number of halogens is 1. The van der Waals surface area contributed by atoms with E-state index in [4.69, 9.17) is 14.2 Å².